The van der Waals surface area contributed by atoms with E-state index < -0.39 is 0 Å². The summed E-state index contributed by atoms with van der Waals surface area (Å²) in [4.78, 5) is 17.6. The molecule has 0 aliphatic carbocycles. The van der Waals surface area contributed by atoms with Gasteiger partial charge < -0.3 is 5.32 Å². The molecule has 0 aliphatic rings. The van der Waals surface area contributed by atoms with Crippen LogP contribution in [0.4, 0.5) is 10.2 Å². The number of halogens is 1. The van der Waals surface area contributed by atoms with E-state index in [9.17, 15) is 9.18 Å². The van der Waals surface area contributed by atoms with Crippen molar-refractivity contribution < 1.29 is 9.18 Å². The molecule has 4 rings (SSSR count). The van der Waals surface area contributed by atoms with Crippen molar-refractivity contribution in [2.24, 2.45) is 0 Å². The van der Waals surface area contributed by atoms with Crippen LogP contribution in [0.2, 0.25) is 0 Å². The molecule has 4 nitrogen and oxygen atoms in total. The highest BCUT2D eigenvalue weighted by atomic mass is 32.1. The van der Waals surface area contributed by atoms with Gasteiger partial charge in [-0.05, 0) is 52.7 Å². The first-order valence-corrected chi connectivity index (χ1v) is 9.26. The number of nitrogens with zero attached hydrogens (tertiary/aromatic N) is 2. The van der Waals surface area contributed by atoms with Crippen LogP contribution in [-0.2, 0) is 4.79 Å². The molecule has 4 aromatic rings. The summed E-state index contributed by atoms with van der Waals surface area (Å²) in [5.74, 6) is 0.0134. The molecule has 0 aliphatic heterocycles. The zero-order valence-electron chi connectivity index (χ0n) is 12.8. The summed E-state index contributed by atoms with van der Waals surface area (Å²) in [6.45, 7) is 0. The number of thiophene rings is 1. The number of thiazole rings is 1. The second-order valence-electron chi connectivity index (χ2n) is 5.25. The molecule has 0 fully saturated rings. The van der Waals surface area contributed by atoms with Gasteiger partial charge in [-0.25, -0.2) is 9.37 Å². The maximum Gasteiger partial charge on any atom is 0.249 e. The van der Waals surface area contributed by atoms with Crippen LogP contribution in [-0.4, -0.2) is 15.3 Å². The fourth-order valence-corrected chi connectivity index (χ4v) is 3.76. The van der Waals surface area contributed by atoms with Gasteiger partial charge in [-0.15, -0.1) is 11.3 Å². The van der Waals surface area contributed by atoms with Gasteiger partial charge in [0.15, 0.2) is 4.96 Å². The van der Waals surface area contributed by atoms with Gasteiger partial charge in [0, 0.05) is 23.2 Å². The largest absolute Gasteiger partial charge is 0.306 e. The zero-order valence-corrected chi connectivity index (χ0v) is 14.5. The van der Waals surface area contributed by atoms with Gasteiger partial charge in [0.2, 0.25) is 5.91 Å². The summed E-state index contributed by atoms with van der Waals surface area (Å²) in [6, 6.07) is 8.00. The normalized spacial score (nSPS) is 11.4. The van der Waals surface area contributed by atoms with E-state index in [0.29, 0.717) is 11.5 Å². The van der Waals surface area contributed by atoms with Crippen LogP contribution >= 0.6 is 22.7 Å². The molecule has 0 spiro atoms. The molecule has 7 heteroatoms. The summed E-state index contributed by atoms with van der Waals surface area (Å²) in [5.41, 5.74) is 2.34. The summed E-state index contributed by atoms with van der Waals surface area (Å²) >= 11 is 3.04. The van der Waals surface area contributed by atoms with Crippen molar-refractivity contribution >= 4 is 45.4 Å². The Bertz CT molecular complexity index is 1050. The number of amides is 1. The molecule has 124 valence electrons. The Morgan fingerprint density at radius 2 is 2.04 bits per heavy atom. The van der Waals surface area contributed by atoms with Gasteiger partial charge in [-0.3, -0.25) is 9.20 Å². The number of nitrogens with one attached hydrogen (secondary N) is 1. The van der Waals surface area contributed by atoms with Crippen molar-refractivity contribution in [2.75, 3.05) is 5.32 Å². The first-order chi connectivity index (χ1) is 12.2. The van der Waals surface area contributed by atoms with Crippen molar-refractivity contribution in [3.63, 3.8) is 0 Å². The minimum atomic E-state index is -0.311. The first-order valence-electron chi connectivity index (χ1n) is 7.43. The molecular weight excluding hydrogens is 357 g/mol. The van der Waals surface area contributed by atoms with Crippen LogP contribution in [0.3, 0.4) is 0 Å². The Kier molecular flexibility index (Phi) is 4.17. The highest BCUT2D eigenvalue weighted by molar-refractivity contribution is 7.15. The van der Waals surface area contributed by atoms with Gasteiger partial charge in [-0.1, -0.05) is 0 Å². The maximum absolute atomic E-state index is 13.2. The van der Waals surface area contributed by atoms with Crippen molar-refractivity contribution in [2.45, 2.75) is 0 Å². The fourth-order valence-electron chi connectivity index (χ4n) is 2.41. The second kappa shape index (κ2) is 6.62. The number of hydrogen-bond acceptors (Lipinski definition) is 4. The van der Waals surface area contributed by atoms with Gasteiger partial charge >= 0.3 is 0 Å². The number of fused-ring (bicyclic) bond motifs is 1. The van der Waals surface area contributed by atoms with Gasteiger partial charge in [0.05, 0.1) is 0 Å². The Balaban J connectivity index is 1.68. The van der Waals surface area contributed by atoms with Crippen LogP contribution in [0.1, 0.15) is 5.56 Å². The van der Waals surface area contributed by atoms with Crippen molar-refractivity contribution in [3.8, 4) is 11.3 Å². The third-order valence-electron chi connectivity index (χ3n) is 3.59. The topological polar surface area (TPSA) is 46.4 Å². The van der Waals surface area contributed by atoms with E-state index in [1.807, 2.05) is 32.8 Å². The molecule has 1 amide bonds. The van der Waals surface area contributed by atoms with Crippen molar-refractivity contribution in [3.05, 3.63) is 70.1 Å². The standard InChI is InChI=1S/C18H12FN3OS2/c19-14-4-2-13(3-5-14)16-17(22-8-10-25-18(22)21-16)20-15(23)6-1-12-7-9-24-11-12/h1-11H,(H,20,23)/b6-1+. The highest BCUT2D eigenvalue weighted by Crippen LogP contribution is 2.30. The summed E-state index contributed by atoms with van der Waals surface area (Å²) in [7, 11) is 0. The van der Waals surface area contributed by atoms with E-state index >= 15 is 0 Å². The van der Waals surface area contributed by atoms with E-state index in [4.69, 9.17) is 0 Å². The van der Waals surface area contributed by atoms with E-state index in [1.54, 1.807) is 29.5 Å². The lowest BCUT2D eigenvalue weighted by molar-refractivity contribution is -0.111. The lowest BCUT2D eigenvalue weighted by Gasteiger charge is -2.05. The summed E-state index contributed by atoms with van der Waals surface area (Å²) < 4.78 is 15.0. The number of carbonyl (C=O) groups excluding carboxylic acids is 1. The Hall–Kier alpha value is -2.77. The second-order valence-corrected chi connectivity index (χ2v) is 6.90. The minimum Gasteiger partial charge on any atom is -0.306 e. The minimum absolute atomic E-state index is 0.248. The van der Waals surface area contributed by atoms with E-state index in [1.165, 1.54) is 29.5 Å². The highest BCUT2D eigenvalue weighted by Gasteiger charge is 2.16. The Morgan fingerprint density at radius 3 is 2.80 bits per heavy atom. The third-order valence-corrected chi connectivity index (χ3v) is 5.05. The number of anilines is 1. The number of aromatic nitrogens is 2. The summed E-state index contributed by atoms with van der Waals surface area (Å²) in [5, 5.41) is 8.70. The SMILES string of the molecule is O=C(/C=C/c1ccsc1)Nc1c(-c2ccc(F)cc2)nc2sccn12. The molecule has 3 aromatic heterocycles. The van der Waals surface area contributed by atoms with Crippen LogP contribution in [0.5, 0.6) is 0 Å². The van der Waals surface area contributed by atoms with E-state index in [2.05, 4.69) is 10.3 Å². The van der Waals surface area contributed by atoms with Crippen LogP contribution in [0.25, 0.3) is 22.3 Å². The van der Waals surface area contributed by atoms with Gasteiger partial charge in [0.25, 0.3) is 0 Å². The van der Waals surface area contributed by atoms with Crippen LogP contribution in [0.15, 0.2) is 58.7 Å². The first kappa shape index (κ1) is 15.7. The smallest absolute Gasteiger partial charge is 0.249 e. The van der Waals surface area contributed by atoms with E-state index in [-0.39, 0.29) is 11.7 Å². The maximum atomic E-state index is 13.2. The summed E-state index contributed by atoms with van der Waals surface area (Å²) in [6.07, 6.45) is 5.09. The van der Waals surface area contributed by atoms with Gasteiger partial charge in [0.1, 0.15) is 17.3 Å². The Labute approximate surface area is 150 Å². The molecule has 0 bridgehead atoms. The molecule has 25 heavy (non-hydrogen) atoms. The lowest BCUT2D eigenvalue weighted by Crippen LogP contribution is -2.10. The van der Waals surface area contributed by atoms with Crippen molar-refractivity contribution in [1.29, 1.82) is 0 Å². The van der Waals surface area contributed by atoms with Crippen molar-refractivity contribution in [1.82, 2.24) is 9.38 Å². The van der Waals surface area contributed by atoms with Gasteiger partial charge in [-0.2, -0.15) is 11.3 Å². The van der Waals surface area contributed by atoms with E-state index in [0.717, 1.165) is 16.1 Å². The number of benzene rings is 1. The predicted molar refractivity (Wildman–Crippen MR) is 100 cm³/mol. The molecule has 1 N–H and O–H groups in total. The molecule has 3 heterocycles. The Morgan fingerprint density at radius 1 is 1.20 bits per heavy atom. The number of rotatable bonds is 4. The monoisotopic (exact) mass is 369 g/mol. The lowest BCUT2D eigenvalue weighted by atomic mass is 10.1. The predicted octanol–water partition coefficient (Wildman–Crippen LogP) is 4.92. The molecule has 0 radical (unpaired) electrons. The molecular formula is C18H12FN3OS2. The zero-order chi connectivity index (χ0) is 17.2. The molecule has 0 saturated heterocycles. The quantitative estimate of drug-likeness (QED) is 0.519. The number of carbonyl (C=O) groups is 1. The number of hydrogen-bond donors (Lipinski definition) is 1. The third kappa shape index (κ3) is 3.24. The molecule has 0 unspecified atom stereocenters. The van der Waals surface area contributed by atoms with Crippen LogP contribution < -0.4 is 5.32 Å². The average molecular weight is 369 g/mol. The fraction of sp³-hybridized carbons (Fsp3) is 0. The average Bonchev–Trinajstić information content (AvgIpc) is 3.32. The molecule has 1 aromatic carbocycles. The van der Waals surface area contributed by atoms with Crippen LogP contribution in [0, 0.1) is 5.82 Å². The molecule has 0 saturated carbocycles. The number of imidazole rings is 1. The molecule has 0 atom stereocenters.